The quantitative estimate of drug-likeness (QED) is 0.338. The molecule has 156 valence electrons. The van der Waals surface area contributed by atoms with Crippen LogP contribution in [0.1, 0.15) is 41.6 Å². The van der Waals surface area contributed by atoms with Crippen molar-refractivity contribution in [3.63, 3.8) is 0 Å². The third-order valence-electron chi connectivity index (χ3n) is 5.96. The SMILES string of the molecule is Cc1ccc(C2=NN3[C@@H](C2)c2cc(Br)ccc2O[C@@]3(C)c2cccc([N+](=O)[O-])c2)cc1. The molecule has 0 fully saturated rings. The van der Waals surface area contributed by atoms with E-state index in [1.165, 1.54) is 11.6 Å². The zero-order chi connectivity index (χ0) is 21.8. The van der Waals surface area contributed by atoms with Crippen LogP contribution >= 0.6 is 15.9 Å². The third kappa shape index (κ3) is 3.29. The van der Waals surface area contributed by atoms with Crippen LogP contribution in [0.25, 0.3) is 0 Å². The molecule has 2 atom stereocenters. The number of fused-ring (bicyclic) bond motifs is 3. The van der Waals surface area contributed by atoms with E-state index >= 15 is 0 Å². The highest BCUT2D eigenvalue weighted by molar-refractivity contribution is 9.10. The van der Waals surface area contributed by atoms with E-state index in [1.54, 1.807) is 12.1 Å². The van der Waals surface area contributed by atoms with Crippen LogP contribution in [-0.2, 0) is 5.72 Å². The van der Waals surface area contributed by atoms with Gasteiger partial charge in [-0.05, 0) is 30.7 Å². The highest BCUT2D eigenvalue weighted by atomic mass is 79.9. The molecule has 0 unspecified atom stereocenters. The summed E-state index contributed by atoms with van der Waals surface area (Å²) in [5, 5.41) is 18.3. The maximum Gasteiger partial charge on any atom is 0.269 e. The van der Waals surface area contributed by atoms with Gasteiger partial charge in [-0.25, -0.2) is 5.01 Å². The maximum absolute atomic E-state index is 11.4. The van der Waals surface area contributed by atoms with Crippen molar-refractivity contribution in [2.24, 2.45) is 5.10 Å². The van der Waals surface area contributed by atoms with E-state index in [4.69, 9.17) is 9.84 Å². The lowest BCUT2D eigenvalue weighted by Gasteiger charge is -2.46. The van der Waals surface area contributed by atoms with Crippen molar-refractivity contribution in [3.05, 3.63) is 104 Å². The van der Waals surface area contributed by atoms with Gasteiger partial charge in [-0.15, -0.1) is 0 Å². The fourth-order valence-electron chi connectivity index (χ4n) is 4.30. The van der Waals surface area contributed by atoms with Crippen molar-refractivity contribution in [3.8, 4) is 5.75 Å². The minimum atomic E-state index is -0.982. The Morgan fingerprint density at radius 3 is 2.68 bits per heavy atom. The van der Waals surface area contributed by atoms with Crippen LogP contribution in [0.15, 0.2) is 76.3 Å². The van der Waals surface area contributed by atoms with Gasteiger partial charge in [0.15, 0.2) is 0 Å². The molecule has 3 aromatic rings. The Bertz CT molecular complexity index is 1220. The van der Waals surface area contributed by atoms with Crippen molar-refractivity contribution < 1.29 is 9.66 Å². The minimum Gasteiger partial charge on any atom is -0.462 e. The average molecular weight is 478 g/mol. The van der Waals surface area contributed by atoms with Crippen molar-refractivity contribution in [1.82, 2.24) is 5.01 Å². The Kier molecular flexibility index (Phi) is 4.59. The lowest BCUT2D eigenvalue weighted by molar-refractivity contribution is -0.385. The number of hydrazone groups is 1. The number of nitro benzene ring substituents is 1. The van der Waals surface area contributed by atoms with Gasteiger partial charge in [0.05, 0.1) is 16.7 Å². The molecule has 0 saturated heterocycles. The molecular weight excluding hydrogens is 458 g/mol. The molecule has 7 heteroatoms. The number of halogens is 1. The van der Waals surface area contributed by atoms with Crippen LogP contribution < -0.4 is 4.74 Å². The van der Waals surface area contributed by atoms with Gasteiger partial charge in [0, 0.05) is 41.1 Å². The monoisotopic (exact) mass is 477 g/mol. The van der Waals surface area contributed by atoms with Crippen LogP contribution in [0.4, 0.5) is 5.69 Å². The van der Waals surface area contributed by atoms with Gasteiger partial charge >= 0.3 is 0 Å². The summed E-state index contributed by atoms with van der Waals surface area (Å²) in [6.07, 6.45) is 0.723. The molecular formula is C24H20BrN3O3. The number of non-ortho nitro benzene ring substituents is 1. The zero-order valence-electron chi connectivity index (χ0n) is 17.1. The highest BCUT2D eigenvalue weighted by Crippen LogP contribution is 2.51. The third-order valence-corrected chi connectivity index (χ3v) is 6.46. The summed E-state index contributed by atoms with van der Waals surface area (Å²) in [4.78, 5) is 11.0. The van der Waals surface area contributed by atoms with Crippen LogP contribution in [0.5, 0.6) is 5.75 Å². The molecule has 2 heterocycles. The second kappa shape index (κ2) is 7.20. The van der Waals surface area contributed by atoms with E-state index in [0.29, 0.717) is 5.56 Å². The topological polar surface area (TPSA) is 68.0 Å². The number of hydrogen-bond donors (Lipinski definition) is 0. The smallest absolute Gasteiger partial charge is 0.269 e. The summed E-state index contributed by atoms with van der Waals surface area (Å²) in [5.74, 6) is 0.763. The molecule has 0 N–H and O–H groups in total. The number of hydrogen-bond acceptors (Lipinski definition) is 5. The number of rotatable bonds is 3. The number of nitro groups is 1. The van der Waals surface area contributed by atoms with Gasteiger partial charge in [0.25, 0.3) is 5.69 Å². The Morgan fingerprint density at radius 1 is 1.16 bits per heavy atom. The number of ether oxygens (including phenoxy) is 1. The largest absolute Gasteiger partial charge is 0.462 e. The first kappa shape index (κ1) is 19.8. The van der Waals surface area contributed by atoms with Crippen molar-refractivity contribution in [1.29, 1.82) is 0 Å². The standard InChI is InChI=1S/C24H20BrN3O3/c1-15-6-8-16(9-7-15)21-14-22-20-13-18(25)10-11-23(20)31-24(2,27(22)26-21)17-4-3-5-19(12-17)28(29)30/h3-13,22H,14H2,1-2H3/t22-,24-/m0/s1. The van der Waals surface area contributed by atoms with Crippen LogP contribution in [0.3, 0.4) is 0 Å². The molecule has 0 saturated carbocycles. The summed E-state index contributed by atoms with van der Waals surface area (Å²) >= 11 is 3.57. The predicted octanol–water partition coefficient (Wildman–Crippen LogP) is 6.08. The molecule has 3 aromatic carbocycles. The molecule has 0 spiro atoms. The fraction of sp³-hybridized carbons (Fsp3) is 0.208. The molecule has 0 amide bonds. The van der Waals surface area contributed by atoms with E-state index in [2.05, 4.69) is 53.2 Å². The van der Waals surface area contributed by atoms with Crippen LogP contribution in [-0.4, -0.2) is 15.6 Å². The lowest BCUT2D eigenvalue weighted by atomic mass is 9.92. The molecule has 6 nitrogen and oxygen atoms in total. The van der Waals surface area contributed by atoms with Crippen LogP contribution in [0, 0.1) is 17.0 Å². The molecule has 0 bridgehead atoms. The lowest BCUT2D eigenvalue weighted by Crippen LogP contribution is -2.48. The fourth-order valence-corrected chi connectivity index (χ4v) is 4.68. The highest BCUT2D eigenvalue weighted by Gasteiger charge is 2.49. The first-order valence-corrected chi connectivity index (χ1v) is 10.8. The second-order valence-corrected chi connectivity index (χ2v) is 8.97. The molecule has 0 aliphatic carbocycles. The molecule has 5 rings (SSSR count). The van der Waals surface area contributed by atoms with E-state index < -0.39 is 5.72 Å². The van der Waals surface area contributed by atoms with Gasteiger partial charge in [-0.1, -0.05) is 57.9 Å². The summed E-state index contributed by atoms with van der Waals surface area (Å²) in [7, 11) is 0. The molecule has 0 aromatic heterocycles. The van der Waals surface area contributed by atoms with Gasteiger partial charge < -0.3 is 4.74 Å². The summed E-state index contributed by atoms with van der Waals surface area (Å²) in [6, 6.07) is 20.8. The first-order valence-electron chi connectivity index (χ1n) is 10.0. The van der Waals surface area contributed by atoms with E-state index in [1.807, 2.05) is 30.1 Å². The molecule has 31 heavy (non-hydrogen) atoms. The Balaban J connectivity index is 1.66. The van der Waals surface area contributed by atoms with Crippen molar-refractivity contribution in [2.45, 2.75) is 32.0 Å². The van der Waals surface area contributed by atoms with E-state index in [-0.39, 0.29) is 16.7 Å². The van der Waals surface area contributed by atoms with Crippen molar-refractivity contribution in [2.75, 3.05) is 0 Å². The van der Waals surface area contributed by atoms with Crippen molar-refractivity contribution >= 4 is 27.3 Å². The van der Waals surface area contributed by atoms with E-state index in [9.17, 15) is 10.1 Å². The van der Waals surface area contributed by atoms with Gasteiger partial charge in [-0.3, -0.25) is 10.1 Å². The Hall–Kier alpha value is -3.19. The minimum absolute atomic E-state index is 0.0300. The van der Waals surface area contributed by atoms with Gasteiger partial charge in [0.2, 0.25) is 5.72 Å². The maximum atomic E-state index is 11.4. The Morgan fingerprint density at radius 2 is 1.94 bits per heavy atom. The molecule has 2 aliphatic heterocycles. The van der Waals surface area contributed by atoms with Gasteiger partial charge in [0.1, 0.15) is 5.75 Å². The first-order chi connectivity index (χ1) is 14.8. The normalized spacial score (nSPS) is 21.7. The number of benzene rings is 3. The Labute approximate surface area is 188 Å². The summed E-state index contributed by atoms with van der Waals surface area (Å²) in [6.45, 7) is 3.98. The predicted molar refractivity (Wildman–Crippen MR) is 122 cm³/mol. The summed E-state index contributed by atoms with van der Waals surface area (Å²) in [5.41, 5.74) is 4.01. The van der Waals surface area contributed by atoms with Gasteiger partial charge in [-0.2, -0.15) is 5.10 Å². The van der Waals surface area contributed by atoms with E-state index in [0.717, 1.165) is 33.5 Å². The number of aryl methyl sites for hydroxylation is 1. The average Bonchev–Trinajstić information content (AvgIpc) is 3.22. The second-order valence-electron chi connectivity index (χ2n) is 8.05. The zero-order valence-corrected chi connectivity index (χ0v) is 18.7. The molecule has 0 radical (unpaired) electrons. The summed E-state index contributed by atoms with van der Waals surface area (Å²) < 4.78 is 7.46. The molecule has 2 aliphatic rings. The number of nitrogens with zero attached hydrogens (tertiary/aromatic N) is 3. The van der Waals surface area contributed by atoms with Crippen LogP contribution in [0.2, 0.25) is 0 Å².